The van der Waals surface area contributed by atoms with Crippen LogP contribution in [0.3, 0.4) is 0 Å². The van der Waals surface area contributed by atoms with Gasteiger partial charge in [0, 0.05) is 19.3 Å². The van der Waals surface area contributed by atoms with Crippen LogP contribution in [0.25, 0.3) is 0 Å². The first kappa shape index (κ1) is 22.1. The molecule has 0 aliphatic carbocycles. The normalized spacial score (nSPS) is 16.1. The Morgan fingerprint density at radius 2 is 2.10 bits per heavy atom. The summed E-state index contributed by atoms with van der Waals surface area (Å²) in [6, 6.07) is 14.4. The molecular weight excluding hydrogens is 400 g/mol. The van der Waals surface area contributed by atoms with Crippen LogP contribution in [0.2, 0.25) is 0 Å². The molecule has 0 saturated carbocycles. The summed E-state index contributed by atoms with van der Waals surface area (Å²) in [5, 5.41) is 8.00. The number of furan rings is 1. The number of hydrogen-bond donors (Lipinski definition) is 1. The van der Waals surface area contributed by atoms with Gasteiger partial charge in [-0.25, -0.2) is 0 Å². The average molecular weight is 429 g/mol. The van der Waals surface area contributed by atoms with Gasteiger partial charge in [-0.2, -0.15) is 5.10 Å². The van der Waals surface area contributed by atoms with Gasteiger partial charge in [-0.1, -0.05) is 29.8 Å². The SMILES string of the molecule is Cc1ccc(CCN(Cc2ccco2)C(=O)c2ccn(C3CCCNC3)n2)cc1.Cl. The molecule has 1 fully saturated rings. The van der Waals surface area contributed by atoms with Gasteiger partial charge in [-0.05, 0) is 56.5 Å². The number of rotatable bonds is 7. The lowest BCUT2D eigenvalue weighted by atomic mass is 10.1. The molecule has 3 heterocycles. The molecule has 1 amide bonds. The van der Waals surface area contributed by atoms with E-state index in [1.807, 2.05) is 34.0 Å². The topological polar surface area (TPSA) is 63.3 Å². The van der Waals surface area contributed by atoms with E-state index in [-0.39, 0.29) is 18.3 Å². The third kappa shape index (κ3) is 5.52. The third-order valence-electron chi connectivity index (χ3n) is 5.48. The Bertz CT molecular complexity index is 915. The molecule has 3 aromatic rings. The molecule has 6 nitrogen and oxygen atoms in total. The summed E-state index contributed by atoms with van der Waals surface area (Å²) in [5.41, 5.74) is 2.94. The van der Waals surface area contributed by atoms with E-state index < -0.39 is 0 Å². The van der Waals surface area contributed by atoms with Gasteiger partial charge in [-0.15, -0.1) is 12.4 Å². The fraction of sp³-hybridized carbons (Fsp3) is 0.391. The van der Waals surface area contributed by atoms with Crippen molar-refractivity contribution in [2.24, 2.45) is 0 Å². The van der Waals surface area contributed by atoms with Crippen molar-refractivity contribution >= 4 is 18.3 Å². The summed E-state index contributed by atoms with van der Waals surface area (Å²) in [4.78, 5) is 15.1. The molecule has 1 saturated heterocycles. The number of carbonyl (C=O) groups excluding carboxylic acids is 1. The van der Waals surface area contributed by atoms with Crippen LogP contribution in [0.15, 0.2) is 59.3 Å². The van der Waals surface area contributed by atoms with E-state index in [9.17, 15) is 4.79 Å². The lowest BCUT2D eigenvalue weighted by molar-refractivity contribution is 0.0726. The summed E-state index contributed by atoms with van der Waals surface area (Å²) in [5.74, 6) is 0.717. The zero-order valence-corrected chi connectivity index (χ0v) is 18.1. The number of nitrogens with zero attached hydrogens (tertiary/aromatic N) is 3. The Labute approximate surface area is 183 Å². The van der Waals surface area contributed by atoms with E-state index >= 15 is 0 Å². The van der Waals surface area contributed by atoms with E-state index in [4.69, 9.17) is 4.42 Å². The van der Waals surface area contributed by atoms with Gasteiger partial charge in [0.2, 0.25) is 0 Å². The number of aromatic nitrogens is 2. The Morgan fingerprint density at radius 1 is 1.27 bits per heavy atom. The van der Waals surface area contributed by atoms with Gasteiger partial charge in [0.05, 0.1) is 18.8 Å². The van der Waals surface area contributed by atoms with E-state index in [2.05, 4.69) is 41.6 Å². The van der Waals surface area contributed by atoms with Gasteiger partial charge >= 0.3 is 0 Å². The number of halogens is 1. The molecule has 1 unspecified atom stereocenters. The third-order valence-corrected chi connectivity index (χ3v) is 5.48. The van der Waals surface area contributed by atoms with E-state index in [1.54, 1.807) is 6.26 Å². The number of benzene rings is 1. The number of carbonyl (C=O) groups is 1. The molecule has 1 aliphatic rings. The number of amides is 1. The van der Waals surface area contributed by atoms with Crippen molar-refractivity contribution in [1.29, 1.82) is 0 Å². The highest BCUT2D eigenvalue weighted by molar-refractivity contribution is 5.92. The summed E-state index contributed by atoms with van der Waals surface area (Å²) < 4.78 is 7.43. The lowest BCUT2D eigenvalue weighted by Gasteiger charge is -2.23. The second kappa shape index (κ2) is 10.5. The maximum Gasteiger partial charge on any atom is 0.274 e. The number of piperidine rings is 1. The molecule has 1 aliphatic heterocycles. The first-order valence-corrected chi connectivity index (χ1v) is 10.3. The van der Waals surface area contributed by atoms with Gasteiger partial charge in [-0.3, -0.25) is 9.48 Å². The largest absolute Gasteiger partial charge is 0.467 e. The number of hydrogen-bond acceptors (Lipinski definition) is 4. The maximum absolute atomic E-state index is 13.2. The standard InChI is InChI=1S/C23H28N4O2.ClH/c1-18-6-8-19(9-7-18)10-13-26(17-21-5-3-15-29-21)23(28)22-11-14-27(25-22)20-4-2-12-24-16-20;/h3,5-9,11,14-15,20,24H,2,4,10,12-13,16-17H2,1H3;1H. The summed E-state index contributed by atoms with van der Waals surface area (Å²) >= 11 is 0. The average Bonchev–Trinajstić information content (AvgIpc) is 3.45. The van der Waals surface area contributed by atoms with Crippen LogP contribution < -0.4 is 5.32 Å². The van der Waals surface area contributed by atoms with Crippen LogP contribution in [0.1, 0.15) is 46.3 Å². The smallest absolute Gasteiger partial charge is 0.274 e. The molecule has 30 heavy (non-hydrogen) atoms. The maximum atomic E-state index is 13.2. The van der Waals surface area contributed by atoms with Crippen LogP contribution in [0.5, 0.6) is 0 Å². The number of aryl methyl sites for hydroxylation is 1. The molecule has 7 heteroatoms. The minimum Gasteiger partial charge on any atom is -0.467 e. The van der Waals surface area contributed by atoms with Crippen molar-refractivity contribution in [1.82, 2.24) is 20.0 Å². The van der Waals surface area contributed by atoms with E-state index in [1.165, 1.54) is 11.1 Å². The second-order valence-electron chi connectivity index (χ2n) is 7.72. The van der Waals surface area contributed by atoms with Gasteiger partial charge in [0.1, 0.15) is 11.5 Å². The van der Waals surface area contributed by atoms with Gasteiger partial charge in [0.25, 0.3) is 5.91 Å². The Morgan fingerprint density at radius 3 is 2.80 bits per heavy atom. The van der Waals surface area contributed by atoms with Crippen LogP contribution in [-0.4, -0.2) is 40.2 Å². The van der Waals surface area contributed by atoms with E-state index in [0.29, 0.717) is 24.8 Å². The second-order valence-corrected chi connectivity index (χ2v) is 7.72. The van der Waals surface area contributed by atoms with Gasteiger partial charge < -0.3 is 14.6 Å². The van der Waals surface area contributed by atoms with Crippen molar-refractivity contribution in [3.63, 3.8) is 0 Å². The van der Waals surface area contributed by atoms with Crippen molar-refractivity contribution in [2.45, 2.75) is 38.8 Å². The van der Waals surface area contributed by atoms with Crippen LogP contribution in [0, 0.1) is 6.92 Å². The van der Waals surface area contributed by atoms with Crippen LogP contribution in [-0.2, 0) is 13.0 Å². The molecule has 160 valence electrons. The molecule has 1 N–H and O–H groups in total. The predicted octanol–water partition coefficient (Wildman–Crippen LogP) is 4.02. The van der Waals surface area contributed by atoms with Crippen molar-refractivity contribution in [3.8, 4) is 0 Å². The molecule has 1 aromatic carbocycles. The first-order chi connectivity index (χ1) is 14.2. The molecule has 0 spiro atoms. The molecule has 1 atom stereocenters. The minimum absolute atomic E-state index is 0. The summed E-state index contributed by atoms with van der Waals surface area (Å²) in [6.45, 7) is 5.09. The Hall–Kier alpha value is -2.57. The van der Waals surface area contributed by atoms with Crippen LogP contribution in [0.4, 0.5) is 0 Å². The number of nitrogens with one attached hydrogen (secondary N) is 1. The fourth-order valence-corrected chi connectivity index (χ4v) is 3.74. The highest BCUT2D eigenvalue weighted by Crippen LogP contribution is 2.17. The molecule has 0 bridgehead atoms. The molecule has 4 rings (SSSR count). The summed E-state index contributed by atoms with van der Waals surface area (Å²) in [7, 11) is 0. The minimum atomic E-state index is -0.0592. The molecule has 2 aromatic heterocycles. The van der Waals surface area contributed by atoms with Gasteiger partial charge in [0.15, 0.2) is 0 Å². The lowest BCUT2D eigenvalue weighted by Crippen LogP contribution is -2.34. The zero-order valence-electron chi connectivity index (χ0n) is 17.3. The van der Waals surface area contributed by atoms with Crippen molar-refractivity contribution in [3.05, 3.63) is 77.5 Å². The Kier molecular flexibility index (Phi) is 7.71. The highest BCUT2D eigenvalue weighted by atomic mass is 35.5. The van der Waals surface area contributed by atoms with Crippen molar-refractivity contribution < 1.29 is 9.21 Å². The quantitative estimate of drug-likeness (QED) is 0.617. The molecule has 0 radical (unpaired) electrons. The zero-order chi connectivity index (χ0) is 20.1. The molecular formula is C23H29ClN4O2. The van der Waals surface area contributed by atoms with Crippen LogP contribution >= 0.6 is 12.4 Å². The first-order valence-electron chi connectivity index (χ1n) is 10.3. The van der Waals surface area contributed by atoms with E-state index in [0.717, 1.165) is 38.1 Å². The monoisotopic (exact) mass is 428 g/mol. The Balaban J connectivity index is 0.00000256. The highest BCUT2D eigenvalue weighted by Gasteiger charge is 2.22. The van der Waals surface area contributed by atoms with Crippen molar-refractivity contribution in [2.75, 3.05) is 19.6 Å². The fourth-order valence-electron chi connectivity index (χ4n) is 3.74. The summed E-state index contributed by atoms with van der Waals surface area (Å²) in [6.07, 6.45) is 6.58. The predicted molar refractivity (Wildman–Crippen MR) is 119 cm³/mol.